The number of hydrogen-bond donors (Lipinski definition) is 1. The van der Waals surface area contributed by atoms with Gasteiger partial charge in [0.2, 0.25) is 0 Å². The maximum Gasteiger partial charge on any atom is 0.184 e. The van der Waals surface area contributed by atoms with Gasteiger partial charge in [-0.2, -0.15) is 0 Å². The molecule has 17 heavy (non-hydrogen) atoms. The third-order valence-corrected chi connectivity index (χ3v) is 2.74. The van der Waals surface area contributed by atoms with Gasteiger partial charge in [0.1, 0.15) is 0 Å². The zero-order valence-corrected chi connectivity index (χ0v) is 9.46. The minimum atomic E-state index is 0.638. The van der Waals surface area contributed by atoms with Crippen molar-refractivity contribution in [1.82, 2.24) is 14.6 Å². The van der Waals surface area contributed by atoms with E-state index < -0.39 is 0 Å². The molecule has 0 radical (unpaired) electrons. The van der Waals surface area contributed by atoms with Gasteiger partial charge < -0.3 is 5.73 Å². The zero-order chi connectivity index (χ0) is 11.8. The van der Waals surface area contributed by atoms with E-state index in [4.69, 9.17) is 5.73 Å². The van der Waals surface area contributed by atoms with Crippen LogP contribution < -0.4 is 5.73 Å². The van der Waals surface area contributed by atoms with E-state index in [1.807, 2.05) is 34.9 Å². The van der Waals surface area contributed by atoms with Crippen LogP contribution in [0.2, 0.25) is 0 Å². The third kappa shape index (κ3) is 1.54. The first-order valence-corrected chi connectivity index (χ1v) is 5.42. The van der Waals surface area contributed by atoms with E-state index in [1.54, 1.807) is 0 Å². The first kappa shape index (κ1) is 9.84. The van der Waals surface area contributed by atoms with Crippen LogP contribution in [0.25, 0.3) is 17.0 Å². The molecule has 0 saturated carbocycles. The molecule has 0 atom stereocenters. The number of fused-ring (bicyclic) bond motifs is 1. The van der Waals surface area contributed by atoms with Crippen molar-refractivity contribution in [3.63, 3.8) is 0 Å². The molecule has 0 saturated heterocycles. The van der Waals surface area contributed by atoms with Gasteiger partial charge in [0, 0.05) is 11.8 Å². The van der Waals surface area contributed by atoms with Crippen molar-refractivity contribution < 1.29 is 0 Å². The highest BCUT2D eigenvalue weighted by Gasteiger charge is 2.09. The fourth-order valence-corrected chi connectivity index (χ4v) is 1.92. The summed E-state index contributed by atoms with van der Waals surface area (Å²) in [7, 11) is 0. The second-order valence-corrected chi connectivity index (χ2v) is 4.05. The van der Waals surface area contributed by atoms with Crippen molar-refractivity contribution in [2.45, 2.75) is 6.92 Å². The average molecular weight is 224 g/mol. The van der Waals surface area contributed by atoms with Crippen LogP contribution >= 0.6 is 0 Å². The van der Waals surface area contributed by atoms with Gasteiger partial charge in [0.25, 0.3) is 0 Å². The van der Waals surface area contributed by atoms with Crippen LogP contribution in [-0.2, 0) is 0 Å². The van der Waals surface area contributed by atoms with Gasteiger partial charge in [-0.15, -0.1) is 10.2 Å². The lowest BCUT2D eigenvalue weighted by atomic mass is 10.1. The van der Waals surface area contributed by atoms with Crippen molar-refractivity contribution in [2.24, 2.45) is 0 Å². The van der Waals surface area contributed by atoms with Crippen molar-refractivity contribution in [3.05, 3.63) is 48.2 Å². The van der Waals surface area contributed by atoms with E-state index in [0.717, 1.165) is 11.4 Å². The smallest absolute Gasteiger partial charge is 0.184 e. The van der Waals surface area contributed by atoms with Gasteiger partial charge in [-0.3, -0.25) is 4.40 Å². The van der Waals surface area contributed by atoms with Crippen LogP contribution in [0, 0.1) is 6.92 Å². The molecule has 0 aliphatic carbocycles. The van der Waals surface area contributed by atoms with Gasteiger partial charge in [-0.05, 0) is 25.1 Å². The number of aryl methyl sites for hydroxylation is 1. The van der Waals surface area contributed by atoms with E-state index >= 15 is 0 Å². The molecule has 2 aromatic heterocycles. The minimum Gasteiger partial charge on any atom is -0.396 e. The molecule has 0 unspecified atom stereocenters. The SMILES string of the molecule is Cc1cccc(-c2nnc3c(N)cccn23)c1. The highest BCUT2D eigenvalue weighted by Crippen LogP contribution is 2.21. The predicted molar refractivity (Wildman–Crippen MR) is 67.6 cm³/mol. The summed E-state index contributed by atoms with van der Waals surface area (Å²) in [6.45, 7) is 2.06. The Balaban J connectivity index is 2.28. The molecule has 0 spiro atoms. The topological polar surface area (TPSA) is 56.2 Å². The Labute approximate surface area is 98.7 Å². The fourth-order valence-electron chi connectivity index (χ4n) is 1.92. The number of hydrogen-bond acceptors (Lipinski definition) is 3. The van der Waals surface area contributed by atoms with Crippen molar-refractivity contribution >= 4 is 11.3 Å². The number of aromatic nitrogens is 3. The van der Waals surface area contributed by atoms with E-state index in [2.05, 4.69) is 29.3 Å². The zero-order valence-electron chi connectivity index (χ0n) is 9.46. The van der Waals surface area contributed by atoms with Crippen LogP contribution in [0.1, 0.15) is 5.56 Å². The molecule has 4 heteroatoms. The van der Waals surface area contributed by atoms with Gasteiger partial charge in [-0.25, -0.2) is 0 Å². The molecular formula is C13H12N4. The Morgan fingerprint density at radius 1 is 1.12 bits per heavy atom. The predicted octanol–water partition coefficient (Wildman–Crippen LogP) is 2.29. The quantitative estimate of drug-likeness (QED) is 0.690. The summed E-state index contributed by atoms with van der Waals surface area (Å²) in [5.74, 6) is 0.816. The molecule has 0 aliphatic heterocycles. The first-order chi connectivity index (χ1) is 8.25. The number of anilines is 1. The maximum absolute atomic E-state index is 5.85. The lowest BCUT2D eigenvalue weighted by Crippen LogP contribution is -1.93. The van der Waals surface area contributed by atoms with Gasteiger partial charge in [0.15, 0.2) is 11.5 Å². The number of nitrogens with zero attached hydrogens (tertiary/aromatic N) is 3. The largest absolute Gasteiger partial charge is 0.396 e. The molecule has 0 aliphatic rings. The van der Waals surface area contributed by atoms with Crippen LogP contribution in [-0.4, -0.2) is 14.6 Å². The van der Waals surface area contributed by atoms with Crippen LogP contribution in [0.5, 0.6) is 0 Å². The normalized spacial score (nSPS) is 10.9. The van der Waals surface area contributed by atoms with E-state index in [9.17, 15) is 0 Å². The maximum atomic E-state index is 5.85. The van der Waals surface area contributed by atoms with Gasteiger partial charge >= 0.3 is 0 Å². The number of benzene rings is 1. The second-order valence-electron chi connectivity index (χ2n) is 4.05. The molecule has 2 heterocycles. The summed E-state index contributed by atoms with van der Waals surface area (Å²) in [5.41, 5.74) is 9.43. The summed E-state index contributed by atoms with van der Waals surface area (Å²) in [6, 6.07) is 11.9. The highest BCUT2D eigenvalue weighted by atomic mass is 15.2. The van der Waals surface area contributed by atoms with E-state index in [1.165, 1.54) is 5.56 Å². The van der Waals surface area contributed by atoms with Crippen molar-refractivity contribution in [2.75, 3.05) is 5.73 Å². The van der Waals surface area contributed by atoms with E-state index in [0.29, 0.717) is 11.3 Å². The summed E-state index contributed by atoms with van der Waals surface area (Å²) < 4.78 is 1.91. The molecule has 1 aromatic carbocycles. The van der Waals surface area contributed by atoms with Gasteiger partial charge in [-0.1, -0.05) is 23.8 Å². The molecule has 0 bridgehead atoms. The molecule has 4 nitrogen and oxygen atoms in total. The fraction of sp³-hybridized carbons (Fsp3) is 0.0769. The monoisotopic (exact) mass is 224 g/mol. The summed E-state index contributed by atoms with van der Waals surface area (Å²) >= 11 is 0. The van der Waals surface area contributed by atoms with Crippen molar-refractivity contribution in [3.8, 4) is 11.4 Å². The summed E-state index contributed by atoms with van der Waals surface area (Å²) in [4.78, 5) is 0. The van der Waals surface area contributed by atoms with Crippen LogP contribution in [0.4, 0.5) is 5.69 Å². The van der Waals surface area contributed by atoms with Gasteiger partial charge in [0.05, 0.1) is 5.69 Å². The molecular weight excluding hydrogens is 212 g/mol. The molecule has 84 valence electrons. The Kier molecular flexibility index (Phi) is 2.08. The Morgan fingerprint density at radius 3 is 2.82 bits per heavy atom. The molecule has 0 amide bonds. The Morgan fingerprint density at radius 2 is 2.00 bits per heavy atom. The molecule has 3 aromatic rings. The minimum absolute atomic E-state index is 0.638. The third-order valence-electron chi connectivity index (χ3n) is 2.74. The van der Waals surface area contributed by atoms with Crippen LogP contribution in [0.15, 0.2) is 42.6 Å². The second kappa shape index (κ2) is 3.59. The summed E-state index contributed by atoms with van der Waals surface area (Å²) in [5, 5.41) is 8.31. The molecule has 3 rings (SSSR count). The Hall–Kier alpha value is -2.36. The number of nitrogens with two attached hydrogens (primary N) is 1. The molecule has 0 fully saturated rings. The van der Waals surface area contributed by atoms with E-state index in [-0.39, 0.29) is 0 Å². The number of pyridine rings is 1. The first-order valence-electron chi connectivity index (χ1n) is 5.42. The average Bonchev–Trinajstić information content (AvgIpc) is 2.74. The highest BCUT2D eigenvalue weighted by molar-refractivity contribution is 5.69. The Bertz CT molecular complexity index is 685. The van der Waals surface area contributed by atoms with Crippen LogP contribution in [0.3, 0.4) is 0 Å². The molecule has 2 N–H and O–H groups in total. The lowest BCUT2D eigenvalue weighted by molar-refractivity contribution is 1.11. The van der Waals surface area contributed by atoms with Crippen molar-refractivity contribution in [1.29, 1.82) is 0 Å². The lowest BCUT2D eigenvalue weighted by Gasteiger charge is -2.01. The number of rotatable bonds is 1. The number of nitrogen functional groups attached to an aromatic ring is 1. The summed E-state index contributed by atoms with van der Waals surface area (Å²) in [6.07, 6.45) is 1.92. The standard InChI is InChI=1S/C13H12N4/c1-9-4-2-5-10(8-9)12-15-16-13-11(14)6-3-7-17(12)13/h2-8H,14H2,1H3.